The van der Waals surface area contributed by atoms with Gasteiger partial charge in [0.15, 0.2) is 0 Å². The number of amides is 2. The number of hydrogen-bond acceptors (Lipinski definition) is 4. The lowest BCUT2D eigenvalue weighted by Gasteiger charge is -2.09. The highest BCUT2D eigenvalue weighted by molar-refractivity contribution is 7.12. The first-order valence-corrected chi connectivity index (χ1v) is 7.62. The van der Waals surface area contributed by atoms with Crippen LogP contribution in [-0.2, 0) is 12.7 Å². The van der Waals surface area contributed by atoms with Crippen molar-refractivity contribution in [3.63, 3.8) is 0 Å². The van der Waals surface area contributed by atoms with E-state index in [9.17, 15) is 18.0 Å². The van der Waals surface area contributed by atoms with Gasteiger partial charge in [0.1, 0.15) is 5.52 Å². The second-order valence-corrected chi connectivity index (χ2v) is 5.74. The van der Waals surface area contributed by atoms with Gasteiger partial charge in [-0.3, -0.25) is 0 Å². The minimum Gasteiger partial charge on any atom is -0.334 e. The van der Waals surface area contributed by atoms with Crippen LogP contribution in [0.15, 0.2) is 42.5 Å². The van der Waals surface area contributed by atoms with Crippen LogP contribution in [-0.4, -0.2) is 15.6 Å². The van der Waals surface area contributed by atoms with E-state index >= 15 is 0 Å². The number of alkyl halides is 3. The van der Waals surface area contributed by atoms with Gasteiger partial charge >= 0.3 is 12.2 Å². The number of urea groups is 1. The second-order valence-electron chi connectivity index (χ2n) is 4.96. The van der Waals surface area contributed by atoms with Gasteiger partial charge in [-0.25, -0.2) is 4.79 Å². The van der Waals surface area contributed by atoms with Gasteiger partial charge < -0.3 is 10.6 Å². The van der Waals surface area contributed by atoms with Crippen LogP contribution in [0, 0.1) is 0 Å². The molecule has 0 aliphatic rings. The lowest BCUT2D eigenvalue weighted by atomic mass is 10.1. The fourth-order valence-corrected chi connectivity index (χ4v) is 2.62. The number of fused-ring (bicyclic) bond motifs is 1. The third kappa shape index (κ3) is 3.80. The van der Waals surface area contributed by atoms with Crippen molar-refractivity contribution in [1.82, 2.24) is 14.9 Å². The van der Waals surface area contributed by atoms with Crippen molar-refractivity contribution < 1.29 is 18.0 Å². The Balaban J connectivity index is 1.57. The van der Waals surface area contributed by atoms with Crippen molar-refractivity contribution in [3.8, 4) is 0 Å². The molecule has 3 aromatic rings. The standard InChI is InChI=1S/C15H11F3N4OS/c16-15(17,18)10-3-1-9(2-4-10)8-19-14(23)20-11-5-6-12-13(7-11)24-22-21-12/h1-7H,8H2,(H2,19,20,23). The molecule has 1 aromatic heterocycles. The molecule has 0 radical (unpaired) electrons. The zero-order valence-corrected chi connectivity index (χ0v) is 12.9. The van der Waals surface area contributed by atoms with Crippen LogP contribution in [0.5, 0.6) is 0 Å². The van der Waals surface area contributed by atoms with Crippen LogP contribution in [0.3, 0.4) is 0 Å². The summed E-state index contributed by atoms with van der Waals surface area (Å²) in [6.07, 6.45) is -4.37. The van der Waals surface area contributed by atoms with Gasteiger partial charge in [-0.2, -0.15) is 13.2 Å². The molecule has 9 heteroatoms. The van der Waals surface area contributed by atoms with E-state index in [1.54, 1.807) is 18.2 Å². The van der Waals surface area contributed by atoms with Gasteiger partial charge in [0, 0.05) is 12.2 Å². The molecular formula is C15H11F3N4OS. The van der Waals surface area contributed by atoms with Crippen LogP contribution in [0.4, 0.5) is 23.7 Å². The molecule has 0 aliphatic heterocycles. The first-order valence-electron chi connectivity index (χ1n) is 6.85. The van der Waals surface area contributed by atoms with Crippen LogP contribution in [0.25, 0.3) is 10.2 Å². The highest BCUT2D eigenvalue weighted by atomic mass is 32.1. The summed E-state index contributed by atoms with van der Waals surface area (Å²) in [6, 6.07) is 9.37. The lowest BCUT2D eigenvalue weighted by Crippen LogP contribution is -2.28. The zero-order chi connectivity index (χ0) is 17.2. The number of anilines is 1. The van der Waals surface area contributed by atoms with Crippen molar-refractivity contribution in [2.24, 2.45) is 0 Å². The van der Waals surface area contributed by atoms with Gasteiger partial charge in [0.2, 0.25) is 0 Å². The molecule has 0 saturated carbocycles. The maximum Gasteiger partial charge on any atom is 0.416 e. The second kappa shape index (κ2) is 6.44. The minimum atomic E-state index is -4.37. The summed E-state index contributed by atoms with van der Waals surface area (Å²) >= 11 is 1.22. The Hall–Kier alpha value is -2.68. The van der Waals surface area contributed by atoms with E-state index in [4.69, 9.17) is 0 Å². The normalized spacial score (nSPS) is 11.5. The molecule has 0 aliphatic carbocycles. The third-order valence-corrected chi connectivity index (χ3v) is 3.93. The van der Waals surface area contributed by atoms with Crippen LogP contribution in [0.2, 0.25) is 0 Å². The van der Waals surface area contributed by atoms with Crippen molar-refractivity contribution in [1.29, 1.82) is 0 Å². The number of nitrogens with one attached hydrogen (secondary N) is 2. The average Bonchev–Trinajstić information content (AvgIpc) is 3.00. The number of benzene rings is 2. The van der Waals surface area contributed by atoms with E-state index in [0.29, 0.717) is 11.3 Å². The summed E-state index contributed by atoms with van der Waals surface area (Å²) in [5, 5.41) is 9.14. The molecule has 0 bridgehead atoms. The van der Waals surface area contributed by atoms with Crippen LogP contribution >= 0.6 is 11.5 Å². The fourth-order valence-electron chi connectivity index (χ4n) is 2.03. The minimum absolute atomic E-state index is 0.119. The molecule has 24 heavy (non-hydrogen) atoms. The third-order valence-electron chi connectivity index (χ3n) is 3.24. The summed E-state index contributed by atoms with van der Waals surface area (Å²) in [5.41, 5.74) is 1.18. The molecule has 2 N–H and O–H groups in total. The zero-order valence-electron chi connectivity index (χ0n) is 12.1. The summed E-state index contributed by atoms with van der Waals surface area (Å²) < 4.78 is 42.1. The number of halogens is 3. The fraction of sp³-hybridized carbons (Fsp3) is 0.133. The quantitative estimate of drug-likeness (QED) is 0.748. The van der Waals surface area contributed by atoms with Crippen molar-refractivity contribution in [2.45, 2.75) is 12.7 Å². The molecule has 0 atom stereocenters. The highest BCUT2D eigenvalue weighted by Gasteiger charge is 2.29. The summed E-state index contributed by atoms with van der Waals surface area (Å²) in [7, 11) is 0. The first-order chi connectivity index (χ1) is 11.4. The Morgan fingerprint density at radius 2 is 1.88 bits per heavy atom. The topological polar surface area (TPSA) is 66.9 Å². The predicted octanol–water partition coefficient (Wildman–Crippen LogP) is 4.03. The van der Waals surface area contributed by atoms with Crippen LogP contribution in [0.1, 0.15) is 11.1 Å². The Morgan fingerprint density at radius 1 is 1.12 bits per heavy atom. The Bertz CT molecular complexity index is 861. The smallest absolute Gasteiger partial charge is 0.334 e. The maximum atomic E-state index is 12.5. The monoisotopic (exact) mass is 352 g/mol. The molecule has 2 aromatic carbocycles. The van der Waals surface area contributed by atoms with E-state index in [-0.39, 0.29) is 6.54 Å². The summed E-state index contributed by atoms with van der Waals surface area (Å²) in [5.74, 6) is 0. The molecule has 1 heterocycles. The first kappa shape index (κ1) is 16.2. The SMILES string of the molecule is O=C(NCc1ccc(C(F)(F)F)cc1)Nc1ccc2nnsc2c1. The summed E-state index contributed by atoms with van der Waals surface area (Å²) in [6.45, 7) is 0.119. The molecule has 2 amide bonds. The molecule has 124 valence electrons. The molecular weight excluding hydrogens is 341 g/mol. The highest BCUT2D eigenvalue weighted by Crippen LogP contribution is 2.29. The van der Waals surface area contributed by atoms with E-state index < -0.39 is 17.8 Å². The van der Waals surface area contributed by atoms with Gasteiger partial charge in [0.25, 0.3) is 0 Å². The van der Waals surface area contributed by atoms with Crippen molar-refractivity contribution in [3.05, 3.63) is 53.6 Å². The van der Waals surface area contributed by atoms with Crippen molar-refractivity contribution in [2.75, 3.05) is 5.32 Å². The van der Waals surface area contributed by atoms with Crippen LogP contribution < -0.4 is 10.6 Å². The average molecular weight is 352 g/mol. The number of hydrogen-bond donors (Lipinski definition) is 2. The largest absolute Gasteiger partial charge is 0.416 e. The molecule has 0 fully saturated rings. The number of rotatable bonds is 3. The predicted molar refractivity (Wildman–Crippen MR) is 84.7 cm³/mol. The van der Waals surface area contributed by atoms with Crippen molar-refractivity contribution >= 4 is 33.5 Å². The Labute approximate surface area is 138 Å². The number of carbonyl (C=O) groups excluding carboxylic acids is 1. The van der Waals surface area contributed by atoms with E-state index in [1.165, 1.54) is 23.7 Å². The molecule has 0 saturated heterocycles. The Morgan fingerprint density at radius 3 is 2.58 bits per heavy atom. The molecule has 0 spiro atoms. The summed E-state index contributed by atoms with van der Waals surface area (Å²) in [4.78, 5) is 11.9. The van der Waals surface area contributed by atoms with Gasteiger partial charge in [0.05, 0.1) is 10.3 Å². The number of carbonyl (C=O) groups is 1. The maximum absolute atomic E-state index is 12.5. The molecule has 5 nitrogen and oxygen atoms in total. The number of aromatic nitrogens is 2. The van der Waals surface area contributed by atoms with Gasteiger partial charge in [-0.1, -0.05) is 16.6 Å². The lowest BCUT2D eigenvalue weighted by molar-refractivity contribution is -0.137. The van der Waals surface area contributed by atoms with E-state index in [2.05, 4.69) is 20.2 Å². The number of nitrogens with zero attached hydrogens (tertiary/aromatic N) is 2. The van der Waals surface area contributed by atoms with Gasteiger partial charge in [-0.05, 0) is 47.4 Å². The van der Waals surface area contributed by atoms with E-state index in [1.807, 2.05) is 0 Å². The molecule has 0 unspecified atom stereocenters. The van der Waals surface area contributed by atoms with Gasteiger partial charge in [-0.15, -0.1) is 5.10 Å². The van der Waals surface area contributed by atoms with E-state index in [0.717, 1.165) is 22.3 Å². The Kier molecular flexibility index (Phi) is 4.34. The molecule has 3 rings (SSSR count).